The van der Waals surface area contributed by atoms with Gasteiger partial charge in [0, 0.05) is 19.7 Å². The highest BCUT2D eigenvalue weighted by molar-refractivity contribution is 5.79. The van der Waals surface area contributed by atoms with E-state index in [1.54, 1.807) is 11.0 Å². The van der Waals surface area contributed by atoms with Gasteiger partial charge in [0.05, 0.1) is 19.1 Å². The van der Waals surface area contributed by atoms with Crippen molar-refractivity contribution < 1.29 is 14.6 Å². The molecule has 1 rings (SSSR count). The Hall–Kier alpha value is -0.870. The molecule has 1 amide bonds. The lowest BCUT2D eigenvalue weighted by atomic mass is 10.0. The first-order chi connectivity index (χ1) is 7.29. The van der Waals surface area contributed by atoms with Crippen LogP contribution in [0.25, 0.3) is 0 Å². The summed E-state index contributed by atoms with van der Waals surface area (Å²) in [6, 6.07) is 0. The van der Waals surface area contributed by atoms with Gasteiger partial charge in [0.2, 0.25) is 5.91 Å². The van der Waals surface area contributed by atoms with Crippen molar-refractivity contribution in [2.45, 2.75) is 12.8 Å². The molecule has 0 saturated carbocycles. The number of hydrogen-bond acceptors (Lipinski definition) is 3. The molecular formula is C11H19NO3. The minimum atomic E-state index is -0.0368. The maximum atomic E-state index is 12.0. The molecule has 0 aromatic carbocycles. The highest BCUT2D eigenvalue weighted by Crippen LogP contribution is 2.16. The van der Waals surface area contributed by atoms with Gasteiger partial charge in [-0.3, -0.25) is 4.79 Å². The number of rotatable bonds is 5. The number of carbonyl (C=O) groups is 1. The van der Waals surface area contributed by atoms with E-state index in [1.807, 2.05) is 0 Å². The van der Waals surface area contributed by atoms with Gasteiger partial charge in [-0.25, -0.2) is 0 Å². The Morgan fingerprint density at radius 3 is 3.00 bits per heavy atom. The van der Waals surface area contributed by atoms with Gasteiger partial charge in [-0.15, -0.1) is 6.58 Å². The van der Waals surface area contributed by atoms with Gasteiger partial charge in [0.1, 0.15) is 0 Å². The molecule has 86 valence electrons. The smallest absolute Gasteiger partial charge is 0.228 e. The summed E-state index contributed by atoms with van der Waals surface area (Å²) >= 11 is 0. The van der Waals surface area contributed by atoms with Crippen molar-refractivity contribution in [3.8, 4) is 0 Å². The molecule has 1 N–H and O–H groups in total. The third-order valence-electron chi connectivity index (χ3n) is 2.54. The number of carbonyl (C=O) groups excluding carboxylic acids is 1. The van der Waals surface area contributed by atoms with E-state index >= 15 is 0 Å². The Morgan fingerprint density at radius 1 is 1.67 bits per heavy atom. The predicted molar refractivity (Wildman–Crippen MR) is 57.4 cm³/mol. The minimum Gasteiger partial charge on any atom is -0.395 e. The van der Waals surface area contributed by atoms with E-state index in [4.69, 9.17) is 9.84 Å². The second kappa shape index (κ2) is 6.58. The van der Waals surface area contributed by atoms with Gasteiger partial charge in [-0.2, -0.15) is 0 Å². The number of hydrogen-bond donors (Lipinski definition) is 1. The lowest BCUT2D eigenvalue weighted by molar-refractivity contribution is -0.139. The van der Waals surface area contributed by atoms with E-state index in [2.05, 4.69) is 6.58 Å². The molecule has 0 spiro atoms. The first-order valence-electron chi connectivity index (χ1n) is 5.38. The average molecular weight is 213 g/mol. The number of ether oxygens (including phenoxy) is 1. The second-order valence-corrected chi connectivity index (χ2v) is 3.71. The highest BCUT2D eigenvalue weighted by atomic mass is 16.5. The second-order valence-electron chi connectivity index (χ2n) is 3.71. The molecule has 4 heteroatoms. The van der Waals surface area contributed by atoms with Crippen molar-refractivity contribution in [3.05, 3.63) is 12.7 Å². The molecule has 0 aliphatic carbocycles. The van der Waals surface area contributed by atoms with Crippen molar-refractivity contribution in [1.82, 2.24) is 4.90 Å². The zero-order valence-electron chi connectivity index (χ0n) is 9.02. The molecule has 1 heterocycles. The molecule has 1 atom stereocenters. The zero-order valence-corrected chi connectivity index (χ0v) is 9.02. The van der Waals surface area contributed by atoms with Gasteiger partial charge >= 0.3 is 0 Å². The molecule has 0 aromatic rings. The van der Waals surface area contributed by atoms with Gasteiger partial charge in [-0.1, -0.05) is 6.08 Å². The Morgan fingerprint density at radius 2 is 2.47 bits per heavy atom. The number of aliphatic hydroxyl groups excluding tert-OH is 1. The van der Waals surface area contributed by atoms with Crippen LogP contribution in [0.15, 0.2) is 12.7 Å². The minimum absolute atomic E-state index is 0.00679. The van der Waals surface area contributed by atoms with Crippen LogP contribution in [0.2, 0.25) is 0 Å². The topological polar surface area (TPSA) is 49.8 Å². The summed E-state index contributed by atoms with van der Waals surface area (Å²) in [4.78, 5) is 13.6. The van der Waals surface area contributed by atoms with Crippen LogP contribution >= 0.6 is 0 Å². The Kier molecular flexibility index (Phi) is 5.36. The third-order valence-corrected chi connectivity index (χ3v) is 2.54. The van der Waals surface area contributed by atoms with E-state index in [0.29, 0.717) is 19.7 Å². The monoisotopic (exact) mass is 213 g/mol. The van der Waals surface area contributed by atoms with Gasteiger partial charge in [0.15, 0.2) is 0 Å². The Bertz CT molecular complexity index is 212. The van der Waals surface area contributed by atoms with Crippen molar-refractivity contribution in [2.24, 2.45) is 5.92 Å². The van der Waals surface area contributed by atoms with Crippen LogP contribution < -0.4 is 0 Å². The van der Waals surface area contributed by atoms with Gasteiger partial charge < -0.3 is 14.7 Å². The zero-order chi connectivity index (χ0) is 11.1. The van der Waals surface area contributed by atoms with E-state index in [1.165, 1.54) is 0 Å². The van der Waals surface area contributed by atoms with Crippen molar-refractivity contribution in [3.63, 3.8) is 0 Å². The number of nitrogens with zero attached hydrogens (tertiary/aromatic N) is 1. The molecule has 4 nitrogen and oxygen atoms in total. The van der Waals surface area contributed by atoms with Crippen LogP contribution in [0.5, 0.6) is 0 Å². The summed E-state index contributed by atoms with van der Waals surface area (Å²) in [5.74, 6) is 0.0360. The van der Waals surface area contributed by atoms with Gasteiger partial charge in [-0.05, 0) is 12.8 Å². The Labute approximate surface area is 90.5 Å². The van der Waals surface area contributed by atoms with E-state index < -0.39 is 0 Å². The highest BCUT2D eigenvalue weighted by Gasteiger charge is 2.25. The van der Waals surface area contributed by atoms with Crippen LogP contribution in [0.4, 0.5) is 0 Å². The lowest BCUT2D eigenvalue weighted by Crippen LogP contribution is -2.41. The standard InChI is InChI=1S/C11H19NO3/c1-2-5-12(6-7-13)11(14)10-4-3-8-15-9-10/h2,10,13H,1,3-9H2. The third kappa shape index (κ3) is 3.64. The molecule has 1 unspecified atom stereocenters. The number of aliphatic hydroxyl groups is 1. The Balaban J connectivity index is 2.48. The molecular weight excluding hydrogens is 194 g/mol. The van der Waals surface area contributed by atoms with Crippen LogP contribution in [-0.2, 0) is 9.53 Å². The molecule has 0 aromatic heterocycles. The van der Waals surface area contributed by atoms with Crippen molar-refractivity contribution in [2.75, 3.05) is 32.9 Å². The number of amides is 1. The maximum absolute atomic E-state index is 12.0. The van der Waals surface area contributed by atoms with E-state index in [0.717, 1.165) is 19.4 Å². The fraction of sp³-hybridized carbons (Fsp3) is 0.727. The summed E-state index contributed by atoms with van der Waals surface area (Å²) in [6.45, 7) is 5.74. The lowest BCUT2D eigenvalue weighted by Gasteiger charge is -2.28. The van der Waals surface area contributed by atoms with Crippen LogP contribution in [0, 0.1) is 5.92 Å². The SMILES string of the molecule is C=CCN(CCO)C(=O)C1CCCOC1. The first kappa shape index (κ1) is 12.2. The van der Waals surface area contributed by atoms with E-state index in [-0.39, 0.29) is 18.4 Å². The summed E-state index contributed by atoms with van der Waals surface area (Å²) in [5.41, 5.74) is 0. The van der Waals surface area contributed by atoms with Crippen LogP contribution in [0.3, 0.4) is 0 Å². The molecule has 1 aliphatic rings. The summed E-state index contributed by atoms with van der Waals surface area (Å²) in [6.07, 6.45) is 3.51. The normalized spacial score (nSPS) is 21.0. The maximum Gasteiger partial charge on any atom is 0.228 e. The quantitative estimate of drug-likeness (QED) is 0.673. The molecule has 1 saturated heterocycles. The largest absolute Gasteiger partial charge is 0.395 e. The average Bonchev–Trinajstić information content (AvgIpc) is 2.29. The fourth-order valence-electron chi connectivity index (χ4n) is 1.76. The molecule has 1 aliphatic heterocycles. The summed E-state index contributed by atoms with van der Waals surface area (Å²) in [5, 5.41) is 8.85. The predicted octanol–water partition coefficient (Wildman–Crippen LogP) is 0.420. The fourth-order valence-corrected chi connectivity index (χ4v) is 1.76. The summed E-state index contributed by atoms with van der Waals surface area (Å²) < 4.78 is 5.27. The molecule has 15 heavy (non-hydrogen) atoms. The molecule has 0 radical (unpaired) electrons. The van der Waals surface area contributed by atoms with Crippen LogP contribution in [0.1, 0.15) is 12.8 Å². The van der Waals surface area contributed by atoms with Crippen LogP contribution in [-0.4, -0.2) is 48.8 Å². The van der Waals surface area contributed by atoms with Crippen molar-refractivity contribution in [1.29, 1.82) is 0 Å². The van der Waals surface area contributed by atoms with Gasteiger partial charge in [0.25, 0.3) is 0 Å². The van der Waals surface area contributed by atoms with Crippen molar-refractivity contribution >= 4 is 5.91 Å². The molecule has 1 fully saturated rings. The summed E-state index contributed by atoms with van der Waals surface area (Å²) in [7, 11) is 0. The first-order valence-corrected chi connectivity index (χ1v) is 5.38. The molecule has 0 bridgehead atoms. The van der Waals surface area contributed by atoms with E-state index in [9.17, 15) is 4.79 Å².